The summed E-state index contributed by atoms with van der Waals surface area (Å²) in [4.78, 5) is 33.2. The van der Waals surface area contributed by atoms with Gasteiger partial charge in [0.05, 0.1) is 11.1 Å². The summed E-state index contributed by atoms with van der Waals surface area (Å²) in [6, 6.07) is 9.07. The highest BCUT2D eigenvalue weighted by atomic mass is 32.1. The van der Waals surface area contributed by atoms with Crippen LogP contribution in [-0.4, -0.2) is 29.0 Å². The number of anilines is 1. The number of ether oxygens (including phenoxy) is 1. The van der Waals surface area contributed by atoms with Crippen molar-refractivity contribution in [2.75, 3.05) is 18.0 Å². The van der Waals surface area contributed by atoms with Crippen LogP contribution in [0, 0.1) is 0 Å². The molecule has 0 fully saturated rings. The van der Waals surface area contributed by atoms with Crippen LogP contribution in [0.5, 0.6) is 0 Å². The molecule has 0 spiro atoms. The molecule has 2 aromatic heterocycles. The molecule has 6 nitrogen and oxygen atoms in total. The molecule has 25 heavy (non-hydrogen) atoms. The Labute approximate surface area is 149 Å². The average Bonchev–Trinajstić information content (AvgIpc) is 3.10. The third kappa shape index (κ3) is 3.71. The first kappa shape index (κ1) is 17.2. The topological polar surface area (TPSA) is 75.3 Å². The lowest BCUT2D eigenvalue weighted by atomic mass is 10.2. The lowest BCUT2D eigenvalue weighted by molar-refractivity contribution is 0.0462. The van der Waals surface area contributed by atoms with Crippen molar-refractivity contribution in [1.29, 1.82) is 0 Å². The maximum absolute atomic E-state index is 12.2. The molecule has 130 valence electrons. The lowest BCUT2D eigenvalue weighted by Crippen LogP contribution is -2.21. The van der Waals surface area contributed by atoms with Gasteiger partial charge >= 0.3 is 5.97 Å². The van der Waals surface area contributed by atoms with Gasteiger partial charge in [0, 0.05) is 18.8 Å². The Morgan fingerprint density at radius 1 is 1.20 bits per heavy atom. The van der Waals surface area contributed by atoms with E-state index in [-0.39, 0.29) is 12.2 Å². The third-order valence-electron chi connectivity index (χ3n) is 3.94. The Hall–Kier alpha value is -2.67. The molecule has 0 amide bonds. The molecule has 0 saturated carbocycles. The molecule has 0 aliphatic carbocycles. The quantitative estimate of drug-likeness (QED) is 0.686. The van der Waals surface area contributed by atoms with Crippen LogP contribution >= 0.6 is 11.3 Å². The first-order valence-electron chi connectivity index (χ1n) is 8.11. The minimum absolute atomic E-state index is 0.0718. The fraction of sp³-hybridized carbons (Fsp3) is 0.278. The lowest BCUT2D eigenvalue weighted by Gasteiger charge is -2.20. The predicted molar refractivity (Wildman–Crippen MR) is 99.4 cm³/mol. The van der Waals surface area contributed by atoms with E-state index in [2.05, 4.69) is 28.7 Å². The fourth-order valence-corrected chi connectivity index (χ4v) is 3.33. The Balaban J connectivity index is 1.68. The largest absolute Gasteiger partial charge is 0.454 e. The molecule has 2 heterocycles. The van der Waals surface area contributed by atoms with Gasteiger partial charge in [0.25, 0.3) is 5.56 Å². The number of esters is 1. The number of aromatic nitrogens is 2. The second-order valence-electron chi connectivity index (χ2n) is 5.44. The smallest absolute Gasteiger partial charge is 0.338 e. The second-order valence-corrected chi connectivity index (χ2v) is 6.36. The number of nitrogens with one attached hydrogen (secondary N) is 1. The van der Waals surface area contributed by atoms with Crippen molar-refractivity contribution in [3.05, 3.63) is 57.5 Å². The molecule has 0 aliphatic rings. The summed E-state index contributed by atoms with van der Waals surface area (Å²) >= 11 is 1.33. The molecule has 3 aromatic rings. The van der Waals surface area contributed by atoms with Crippen LogP contribution in [0.4, 0.5) is 5.69 Å². The first-order chi connectivity index (χ1) is 12.1. The number of nitrogens with zero attached hydrogens (tertiary/aromatic N) is 2. The van der Waals surface area contributed by atoms with Crippen LogP contribution in [0.15, 0.2) is 40.5 Å². The van der Waals surface area contributed by atoms with Crippen molar-refractivity contribution in [2.45, 2.75) is 20.5 Å². The number of benzene rings is 1. The van der Waals surface area contributed by atoms with E-state index in [9.17, 15) is 9.59 Å². The Morgan fingerprint density at radius 2 is 1.92 bits per heavy atom. The van der Waals surface area contributed by atoms with E-state index in [1.165, 1.54) is 11.3 Å². The number of rotatable bonds is 6. The van der Waals surface area contributed by atoms with Crippen LogP contribution in [-0.2, 0) is 11.3 Å². The molecule has 1 aromatic carbocycles. The van der Waals surface area contributed by atoms with Crippen LogP contribution in [0.1, 0.15) is 30.0 Å². The molecular formula is C18H19N3O3S. The number of aromatic amines is 1. The van der Waals surface area contributed by atoms with E-state index >= 15 is 0 Å². The highest BCUT2D eigenvalue weighted by Crippen LogP contribution is 2.16. The van der Waals surface area contributed by atoms with E-state index in [1.807, 2.05) is 12.1 Å². The van der Waals surface area contributed by atoms with Gasteiger partial charge in [0.2, 0.25) is 0 Å². The minimum atomic E-state index is -0.445. The van der Waals surface area contributed by atoms with Crippen molar-refractivity contribution in [2.24, 2.45) is 0 Å². The number of fused-ring (bicyclic) bond motifs is 1. The summed E-state index contributed by atoms with van der Waals surface area (Å²) in [5.41, 5.74) is 1.93. The van der Waals surface area contributed by atoms with Gasteiger partial charge in [-0.05, 0) is 49.6 Å². The van der Waals surface area contributed by atoms with Crippen molar-refractivity contribution in [1.82, 2.24) is 9.97 Å². The van der Waals surface area contributed by atoms with Gasteiger partial charge in [-0.3, -0.25) is 4.79 Å². The summed E-state index contributed by atoms with van der Waals surface area (Å²) in [6.45, 7) is 5.92. The molecular weight excluding hydrogens is 338 g/mol. The SMILES string of the molecule is CCN(CC)c1ccc(C(=O)OCc2nc3ccsc3c(=O)[nH]2)cc1. The molecule has 0 aliphatic heterocycles. The van der Waals surface area contributed by atoms with Crippen molar-refractivity contribution in [3.8, 4) is 0 Å². The number of thiophene rings is 1. The number of hydrogen-bond acceptors (Lipinski definition) is 6. The molecule has 7 heteroatoms. The standard InChI is InChI=1S/C18H19N3O3S/c1-3-21(4-2)13-7-5-12(6-8-13)18(23)24-11-15-19-14-9-10-25-16(14)17(22)20-15/h5-10H,3-4,11H2,1-2H3,(H,19,20,22). The van der Waals surface area contributed by atoms with E-state index in [0.29, 0.717) is 21.6 Å². The van der Waals surface area contributed by atoms with Gasteiger partial charge in [-0.25, -0.2) is 9.78 Å². The molecule has 1 N–H and O–H groups in total. The number of H-pyrrole nitrogens is 1. The van der Waals surface area contributed by atoms with Crippen LogP contribution in [0.3, 0.4) is 0 Å². The van der Waals surface area contributed by atoms with Gasteiger partial charge in [-0.15, -0.1) is 11.3 Å². The fourth-order valence-electron chi connectivity index (χ4n) is 2.60. The molecule has 0 bridgehead atoms. The summed E-state index contributed by atoms with van der Waals surface area (Å²) in [5, 5.41) is 1.81. The summed E-state index contributed by atoms with van der Waals surface area (Å²) in [6.07, 6.45) is 0. The Kier molecular flexibility index (Phi) is 5.14. The summed E-state index contributed by atoms with van der Waals surface area (Å²) < 4.78 is 5.84. The average molecular weight is 357 g/mol. The van der Waals surface area contributed by atoms with Crippen LogP contribution in [0.2, 0.25) is 0 Å². The number of carbonyl (C=O) groups excluding carboxylic acids is 1. The monoisotopic (exact) mass is 357 g/mol. The second kappa shape index (κ2) is 7.48. The Morgan fingerprint density at radius 3 is 2.60 bits per heavy atom. The maximum atomic E-state index is 12.2. The van der Waals surface area contributed by atoms with Gasteiger partial charge < -0.3 is 14.6 Å². The summed E-state index contributed by atoms with van der Waals surface area (Å²) in [5.74, 6) is -0.108. The van der Waals surface area contributed by atoms with Crippen LogP contribution in [0.25, 0.3) is 10.2 Å². The Bertz CT molecular complexity index is 927. The van der Waals surface area contributed by atoms with E-state index in [0.717, 1.165) is 18.8 Å². The molecule has 0 radical (unpaired) electrons. The maximum Gasteiger partial charge on any atom is 0.338 e. The zero-order valence-electron chi connectivity index (χ0n) is 14.1. The highest BCUT2D eigenvalue weighted by molar-refractivity contribution is 7.17. The molecule has 0 atom stereocenters. The third-order valence-corrected chi connectivity index (χ3v) is 4.84. The minimum Gasteiger partial charge on any atom is -0.454 e. The van der Waals surface area contributed by atoms with Crippen molar-refractivity contribution in [3.63, 3.8) is 0 Å². The normalized spacial score (nSPS) is 10.8. The zero-order chi connectivity index (χ0) is 17.8. The van der Waals surface area contributed by atoms with Gasteiger partial charge in [0.1, 0.15) is 17.1 Å². The van der Waals surface area contributed by atoms with Crippen LogP contribution < -0.4 is 10.5 Å². The molecule has 0 unspecified atom stereocenters. The molecule has 0 saturated heterocycles. The molecule has 3 rings (SSSR count). The highest BCUT2D eigenvalue weighted by Gasteiger charge is 2.11. The number of carbonyl (C=O) groups is 1. The first-order valence-corrected chi connectivity index (χ1v) is 8.98. The zero-order valence-corrected chi connectivity index (χ0v) is 14.9. The summed E-state index contributed by atoms with van der Waals surface area (Å²) in [7, 11) is 0. The van der Waals surface area contributed by atoms with Gasteiger partial charge in [-0.2, -0.15) is 0 Å². The van der Waals surface area contributed by atoms with Crippen molar-refractivity contribution < 1.29 is 9.53 Å². The number of hydrogen-bond donors (Lipinski definition) is 1. The van der Waals surface area contributed by atoms with Gasteiger partial charge in [0.15, 0.2) is 0 Å². The van der Waals surface area contributed by atoms with E-state index in [4.69, 9.17) is 4.74 Å². The predicted octanol–water partition coefficient (Wildman–Crippen LogP) is 3.19. The van der Waals surface area contributed by atoms with Gasteiger partial charge in [-0.1, -0.05) is 0 Å². The van der Waals surface area contributed by atoms with E-state index in [1.54, 1.807) is 23.6 Å². The van der Waals surface area contributed by atoms with E-state index < -0.39 is 5.97 Å². The van der Waals surface area contributed by atoms with Crippen molar-refractivity contribution >= 4 is 33.2 Å².